The molecule has 4 aromatic rings. The third-order valence-electron chi connectivity index (χ3n) is 8.57. The number of aliphatic hydroxyl groups excluding tert-OH is 1. The van der Waals surface area contributed by atoms with E-state index in [0.717, 1.165) is 22.3 Å². The minimum absolute atomic E-state index is 0.112. The van der Waals surface area contributed by atoms with E-state index in [2.05, 4.69) is 6.58 Å². The number of ether oxygens (including phenoxy) is 3. The number of carbonyl (C=O) groups is 1. The zero-order valence-corrected chi connectivity index (χ0v) is 25.8. The van der Waals surface area contributed by atoms with E-state index in [9.17, 15) is 9.90 Å². The Morgan fingerprint density at radius 3 is 1.36 bits per heavy atom. The number of carbonyl (C=O) groups excluding carboxylic acids is 1. The van der Waals surface area contributed by atoms with Crippen molar-refractivity contribution in [3.8, 4) is 0 Å². The van der Waals surface area contributed by atoms with Gasteiger partial charge < -0.3 is 28.6 Å². The van der Waals surface area contributed by atoms with Gasteiger partial charge in [-0.25, -0.2) is 4.79 Å². The fourth-order valence-electron chi connectivity index (χ4n) is 6.47. The molecular weight excluding hydrogens is 567 g/mol. The molecule has 232 valence electrons. The van der Waals surface area contributed by atoms with Crippen LogP contribution in [0.1, 0.15) is 29.2 Å². The van der Waals surface area contributed by atoms with Gasteiger partial charge in [0.05, 0.1) is 6.61 Å². The molecule has 8 heteroatoms. The Labute approximate surface area is 265 Å². The third kappa shape index (κ3) is 5.88. The number of esters is 1. The summed E-state index contributed by atoms with van der Waals surface area (Å²) in [5.41, 5.74) is 0.844. The van der Waals surface area contributed by atoms with Crippen molar-refractivity contribution >= 4 is 13.1 Å². The highest BCUT2D eigenvalue weighted by Crippen LogP contribution is 2.51. The van der Waals surface area contributed by atoms with Gasteiger partial charge in [-0.1, -0.05) is 127 Å². The van der Waals surface area contributed by atoms with Gasteiger partial charge in [0, 0.05) is 20.0 Å². The van der Waals surface area contributed by atoms with Gasteiger partial charge in [0.25, 0.3) is 0 Å². The molecule has 0 amide bonds. The van der Waals surface area contributed by atoms with Crippen molar-refractivity contribution in [2.45, 2.75) is 42.3 Å². The normalized spacial score (nSPS) is 18.3. The number of rotatable bonds is 13. The minimum atomic E-state index is -1.58. The summed E-state index contributed by atoms with van der Waals surface area (Å²) >= 11 is 0. The Hall–Kier alpha value is -4.05. The lowest BCUT2D eigenvalue weighted by Gasteiger charge is -2.47. The second kappa shape index (κ2) is 14.4. The lowest BCUT2D eigenvalue weighted by molar-refractivity contribution is -0.153. The van der Waals surface area contributed by atoms with Crippen LogP contribution in [0.4, 0.5) is 0 Å². The van der Waals surface area contributed by atoms with Gasteiger partial charge in [-0.15, -0.1) is 6.58 Å². The molecule has 0 radical (unpaired) electrons. The van der Waals surface area contributed by atoms with E-state index in [-0.39, 0.29) is 6.61 Å². The number of hydrogen-bond donors (Lipinski definition) is 1. The van der Waals surface area contributed by atoms with E-state index in [4.69, 9.17) is 23.5 Å². The standard InChI is InChI=1S/C37H39BO7/c1-5-31(32(39)35(40)43-6-2)38-44-33(36(41-3,27-19-11-7-12-20-27)28-21-13-8-14-22-28)34(45-38)37(42-4,29-23-15-9-16-24-29)30-25-17-10-18-26-30/h5,7-26,31-34,39H,1,6H2,2-4H3/t31-,32+,33-,34-/m1/s1. The molecule has 0 unspecified atom stereocenters. The van der Waals surface area contributed by atoms with Gasteiger partial charge in [0.1, 0.15) is 23.4 Å². The molecule has 1 aliphatic heterocycles. The average molecular weight is 607 g/mol. The molecular formula is C37H39BO7. The second-order valence-electron chi connectivity index (χ2n) is 10.8. The number of hydrogen-bond acceptors (Lipinski definition) is 7. The molecule has 7 nitrogen and oxygen atoms in total. The van der Waals surface area contributed by atoms with E-state index in [1.165, 1.54) is 6.08 Å². The van der Waals surface area contributed by atoms with Crippen LogP contribution < -0.4 is 0 Å². The molecule has 4 aromatic carbocycles. The summed E-state index contributed by atoms with van der Waals surface area (Å²) in [6.07, 6.45) is -1.88. The Kier molecular flexibility index (Phi) is 10.3. The molecule has 1 saturated heterocycles. The predicted molar refractivity (Wildman–Crippen MR) is 173 cm³/mol. The molecule has 5 rings (SSSR count). The third-order valence-corrected chi connectivity index (χ3v) is 8.57. The Bertz CT molecular complexity index is 1340. The molecule has 0 spiro atoms. The first-order valence-electron chi connectivity index (χ1n) is 15.1. The highest BCUT2D eigenvalue weighted by Gasteiger charge is 2.63. The van der Waals surface area contributed by atoms with Crippen LogP contribution in [0.3, 0.4) is 0 Å². The van der Waals surface area contributed by atoms with Crippen LogP contribution in [-0.2, 0) is 39.5 Å². The van der Waals surface area contributed by atoms with E-state index >= 15 is 0 Å². The van der Waals surface area contributed by atoms with E-state index in [1.807, 2.05) is 121 Å². The zero-order chi connectivity index (χ0) is 31.9. The van der Waals surface area contributed by atoms with Crippen LogP contribution in [0.25, 0.3) is 0 Å². The van der Waals surface area contributed by atoms with Gasteiger partial charge in [-0.3, -0.25) is 0 Å². The van der Waals surface area contributed by atoms with Gasteiger partial charge in [-0.2, -0.15) is 0 Å². The summed E-state index contributed by atoms with van der Waals surface area (Å²) in [5, 5.41) is 11.2. The van der Waals surface area contributed by atoms with Gasteiger partial charge in [0.2, 0.25) is 0 Å². The average Bonchev–Trinajstić information content (AvgIpc) is 3.53. The predicted octanol–water partition coefficient (Wildman–Crippen LogP) is 5.92. The molecule has 1 fully saturated rings. The smallest absolute Gasteiger partial charge is 0.464 e. The fraction of sp³-hybridized carbons (Fsp3) is 0.270. The van der Waals surface area contributed by atoms with Gasteiger partial charge in [-0.05, 0) is 29.2 Å². The highest BCUT2D eigenvalue weighted by molar-refractivity contribution is 6.48. The Morgan fingerprint density at radius 2 is 1.09 bits per heavy atom. The summed E-state index contributed by atoms with van der Waals surface area (Å²) in [5.74, 6) is -1.76. The summed E-state index contributed by atoms with van der Waals surface area (Å²) in [4.78, 5) is 12.8. The van der Waals surface area contributed by atoms with Crippen LogP contribution in [-0.4, -0.2) is 57.3 Å². The van der Waals surface area contributed by atoms with Crippen LogP contribution >= 0.6 is 0 Å². The van der Waals surface area contributed by atoms with Crippen molar-refractivity contribution in [3.05, 3.63) is 156 Å². The van der Waals surface area contributed by atoms with Crippen molar-refractivity contribution in [1.29, 1.82) is 0 Å². The monoisotopic (exact) mass is 606 g/mol. The quantitative estimate of drug-likeness (QED) is 0.115. The summed E-state index contributed by atoms with van der Waals surface area (Å²) in [6, 6.07) is 39.3. The molecule has 1 N–H and O–H groups in total. The Morgan fingerprint density at radius 1 is 0.756 bits per heavy atom. The molecule has 0 bridgehead atoms. The molecule has 45 heavy (non-hydrogen) atoms. The number of aliphatic hydroxyl groups is 1. The zero-order valence-electron chi connectivity index (χ0n) is 25.8. The summed E-state index contributed by atoms with van der Waals surface area (Å²) in [7, 11) is 2.16. The number of methoxy groups -OCH3 is 2. The number of benzene rings is 4. The maximum Gasteiger partial charge on any atom is 0.468 e. The highest BCUT2D eigenvalue weighted by atomic mass is 16.7. The Balaban J connectivity index is 1.79. The van der Waals surface area contributed by atoms with Crippen LogP contribution in [0.5, 0.6) is 0 Å². The lowest BCUT2D eigenvalue weighted by atomic mass is 9.68. The van der Waals surface area contributed by atoms with Gasteiger partial charge >= 0.3 is 13.1 Å². The summed E-state index contributed by atoms with van der Waals surface area (Å²) < 4.78 is 32.2. The van der Waals surface area contributed by atoms with Crippen LogP contribution in [0, 0.1) is 0 Å². The molecule has 0 saturated carbocycles. The first-order chi connectivity index (χ1) is 22.0. The first kappa shape index (κ1) is 32.4. The first-order valence-corrected chi connectivity index (χ1v) is 15.1. The van der Waals surface area contributed by atoms with E-state index < -0.39 is 48.4 Å². The van der Waals surface area contributed by atoms with Gasteiger partial charge in [0.15, 0.2) is 6.10 Å². The topological polar surface area (TPSA) is 83.5 Å². The van der Waals surface area contributed by atoms with Crippen molar-refractivity contribution in [2.75, 3.05) is 20.8 Å². The maximum absolute atomic E-state index is 12.8. The van der Waals surface area contributed by atoms with E-state index in [0.29, 0.717) is 0 Å². The summed E-state index contributed by atoms with van der Waals surface area (Å²) in [6.45, 7) is 5.72. The van der Waals surface area contributed by atoms with Crippen LogP contribution in [0.15, 0.2) is 134 Å². The molecule has 4 atom stereocenters. The minimum Gasteiger partial charge on any atom is -0.464 e. The van der Waals surface area contributed by atoms with Crippen molar-refractivity contribution < 1.29 is 33.4 Å². The molecule has 1 heterocycles. The largest absolute Gasteiger partial charge is 0.468 e. The fourth-order valence-corrected chi connectivity index (χ4v) is 6.47. The SMILES string of the molecule is C=C[C@@H](B1O[C@@H](C(OC)(c2ccccc2)c2ccccc2)[C@H](C(OC)(c2ccccc2)c2ccccc2)O1)[C@H](O)C(=O)OCC. The molecule has 1 aliphatic rings. The van der Waals surface area contributed by atoms with Crippen LogP contribution in [0.2, 0.25) is 5.82 Å². The van der Waals surface area contributed by atoms with Crippen molar-refractivity contribution in [2.24, 2.45) is 0 Å². The van der Waals surface area contributed by atoms with E-state index in [1.54, 1.807) is 21.1 Å². The molecule has 0 aromatic heterocycles. The lowest BCUT2D eigenvalue weighted by Crippen LogP contribution is -2.56. The molecule has 0 aliphatic carbocycles. The van der Waals surface area contributed by atoms with Crippen molar-refractivity contribution in [3.63, 3.8) is 0 Å². The van der Waals surface area contributed by atoms with Crippen molar-refractivity contribution in [1.82, 2.24) is 0 Å². The second-order valence-corrected chi connectivity index (χ2v) is 10.8. The maximum atomic E-state index is 12.8.